The van der Waals surface area contributed by atoms with Crippen molar-refractivity contribution in [1.82, 2.24) is 9.78 Å². The molecule has 0 bridgehead atoms. The largest absolute Gasteiger partial charge is 0.466 e. The van der Waals surface area contributed by atoms with E-state index in [1.54, 1.807) is 0 Å². The van der Waals surface area contributed by atoms with E-state index in [1.165, 1.54) is 0 Å². The van der Waals surface area contributed by atoms with Gasteiger partial charge in [0, 0.05) is 11.6 Å². The molecule has 2 aromatic heterocycles. The van der Waals surface area contributed by atoms with Gasteiger partial charge in [-0.3, -0.25) is 0 Å². The SMILES string of the molecule is Cc1cc(N)n(C(C)c2cc(C)oc2C)n1. The molecule has 86 valence electrons. The number of rotatable bonds is 2. The van der Waals surface area contributed by atoms with Crippen LogP contribution >= 0.6 is 0 Å². The normalized spacial score (nSPS) is 13.0. The van der Waals surface area contributed by atoms with Crippen LogP contribution in [0.3, 0.4) is 0 Å². The summed E-state index contributed by atoms with van der Waals surface area (Å²) in [5.74, 6) is 2.53. The third kappa shape index (κ3) is 1.71. The van der Waals surface area contributed by atoms with Gasteiger partial charge in [-0.25, -0.2) is 4.68 Å². The molecule has 4 nitrogen and oxygen atoms in total. The van der Waals surface area contributed by atoms with Gasteiger partial charge in [0.1, 0.15) is 17.3 Å². The van der Waals surface area contributed by atoms with Gasteiger partial charge in [0.05, 0.1) is 11.7 Å². The second kappa shape index (κ2) is 3.70. The highest BCUT2D eigenvalue weighted by molar-refractivity contribution is 5.34. The summed E-state index contributed by atoms with van der Waals surface area (Å²) in [6, 6.07) is 4.01. The number of furan rings is 1. The number of aromatic nitrogens is 2. The Morgan fingerprint density at radius 1 is 1.31 bits per heavy atom. The van der Waals surface area contributed by atoms with Crippen molar-refractivity contribution in [2.75, 3.05) is 5.73 Å². The van der Waals surface area contributed by atoms with Crippen molar-refractivity contribution in [2.24, 2.45) is 0 Å². The Hall–Kier alpha value is -1.71. The average Bonchev–Trinajstić information content (AvgIpc) is 2.68. The molecule has 0 radical (unpaired) electrons. The zero-order valence-electron chi connectivity index (χ0n) is 10.1. The zero-order chi connectivity index (χ0) is 11.9. The number of nitrogens with zero attached hydrogens (tertiary/aromatic N) is 2. The molecule has 0 saturated carbocycles. The van der Waals surface area contributed by atoms with Gasteiger partial charge in [0.2, 0.25) is 0 Å². The Morgan fingerprint density at radius 3 is 2.44 bits per heavy atom. The van der Waals surface area contributed by atoms with Gasteiger partial charge >= 0.3 is 0 Å². The number of nitrogen functional groups attached to an aromatic ring is 1. The molecule has 1 unspecified atom stereocenters. The first-order chi connectivity index (χ1) is 7.49. The molecule has 16 heavy (non-hydrogen) atoms. The quantitative estimate of drug-likeness (QED) is 0.844. The Balaban J connectivity index is 2.42. The maximum Gasteiger partial charge on any atom is 0.122 e. The lowest BCUT2D eigenvalue weighted by molar-refractivity contribution is 0.488. The summed E-state index contributed by atoms with van der Waals surface area (Å²) in [7, 11) is 0. The fourth-order valence-electron chi connectivity index (χ4n) is 2.04. The molecule has 1 atom stereocenters. The molecule has 0 spiro atoms. The highest BCUT2D eigenvalue weighted by atomic mass is 16.3. The van der Waals surface area contributed by atoms with E-state index in [0.717, 1.165) is 22.8 Å². The Morgan fingerprint density at radius 2 is 2.00 bits per heavy atom. The lowest BCUT2D eigenvalue weighted by Crippen LogP contribution is -2.11. The molecular formula is C12H17N3O. The molecule has 2 heterocycles. The first-order valence-corrected chi connectivity index (χ1v) is 5.37. The van der Waals surface area contributed by atoms with E-state index < -0.39 is 0 Å². The van der Waals surface area contributed by atoms with E-state index >= 15 is 0 Å². The van der Waals surface area contributed by atoms with E-state index in [4.69, 9.17) is 10.2 Å². The standard InChI is InChI=1S/C12H17N3O/c1-7-5-12(13)15(14-7)9(3)11-6-8(2)16-10(11)4/h5-6,9H,13H2,1-4H3. The molecule has 0 aromatic carbocycles. The molecule has 0 aliphatic rings. The number of anilines is 1. The van der Waals surface area contributed by atoms with Crippen molar-refractivity contribution in [3.63, 3.8) is 0 Å². The van der Waals surface area contributed by atoms with E-state index in [2.05, 4.69) is 12.0 Å². The monoisotopic (exact) mass is 219 g/mol. The molecule has 2 aromatic rings. The van der Waals surface area contributed by atoms with Crippen LogP contribution in [0.25, 0.3) is 0 Å². The van der Waals surface area contributed by atoms with Gasteiger partial charge in [-0.1, -0.05) is 0 Å². The molecule has 2 rings (SSSR count). The zero-order valence-corrected chi connectivity index (χ0v) is 10.1. The van der Waals surface area contributed by atoms with Crippen LogP contribution in [0, 0.1) is 20.8 Å². The summed E-state index contributed by atoms with van der Waals surface area (Å²) < 4.78 is 7.35. The maximum absolute atomic E-state index is 5.91. The minimum Gasteiger partial charge on any atom is -0.466 e. The molecular weight excluding hydrogens is 202 g/mol. The van der Waals surface area contributed by atoms with Gasteiger partial charge < -0.3 is 10.2 Å². The fraction of sp³-hybridized carbons (Fsp3) is 0.417. The van der Waals surface area contributed by atoms with Gasteiger partial charge in [0.25, 0.3) is 0 Å². The van der Waals surface area contributed by atoms with E-state index in [1.807, 2.05) is 37.6 Å². The fourth-order valence-corrected chi connectivity index (χ4v) is 2.04. The molecule has 0 saturated heterocycles. The second-order valence-corrected chi connectivity index (χ2v) is 4.20. The Kier molecular flexibility index (Phi) is 2.50. The minimum absolute atomic E-state index is 0.103. The Labute approximate surface area is 95.1 Å². The summed E-state index contributed by atoms with van der Waals surface area (Å²) in [6.07, 6.45) is 0. The number of aryl methyl sites for hydroxylation is 3. The first kappa shape index (κ1) is 10.8. The highest BCUT2D eigenvalue weighted by Crippen LogP contribution is 2.26. The smallest absolute Gasteiger partial charge is 0.122 e. The van der Waals surface area contributed by atoms with E-state index in [9.17, 15) is 0 Å². The third-order valence-corrected chi connectivity index (χ3v) is 2.78. The number of hydrogen-bond donors (Lipinski definition) is 1. The minimum atomic E-state index is 0.103. The van der Waals surface area contributed by atoms with Gasteiger partial charge in [-0.15, -0.1) is 0 Å². The number of hydrogen-bond acceptors (Lipinski definition) is 3. The van der Waals surface area contributed by atoms with Crippen LogP contribution in [0.5, 0.6) is 0 Å². The van der Waals surface area contributed by atoms with Gasteiger partial charge in [-0.05, 0) is 33.8 Å². The van der Waals surface area contributed by atoms with Crippen LogP contribution in [0.15, 0.2) is 16.5 Å². The van der Waals surface area contributed by atoms with Crippen LogP contribution in [0.4, 0.5) is 5.82 Å². The third-order valence-electron chi connectivity index (χ3n) is 2.78. The summed E-state index contributed by atoms with van der Waals surface area (Å²) in [5.41, 5.74) is 7.97. The lowest BCUT2D eigenvalue weighted by atomic mass is 10.1. The summed E-state index contributed by atoms with van der Waals surface area (Å²) >= 11 is 0. The lowest BCUT2D eigenvalue weighted by Gasteiger charge is -2.12. The van der Waals surface area contributed by atoms with Crippen LogP contribution < -0.4 is 5.73 Å². The van der Waals surface area contributed by atoms with Crippen molar-refractivity contribution >= 4 is 5.82 Å². The van der Waals surface area contributed by atoms with Crippen molar-refractivity contribution in [3.8, 4) is 0 Å². The molecule has 0 aliphatic heterocycles. The highest BCUT2D eigenvalue weighted by Gasteiger charge is 2.17. The molecule has 2 N–H and O–H groups in total. The Bertz CT molecular complexity index is 464. The average molecular weight is 219 g/mol. The molecule has 4 heteroatoms. The van der Waals surface area contributed by atoms with Crippen LogP contribution in [-0.2, 0) is 0 Å². The first-order valence-electron chi connectivity index (χ1n) is 5.37. The van der Waals surface area contributed by atoms with E-state index in [0.29, 0.717) is 5.82 Å². The van der Waals surface area contributed by atoms with Gasteiger partial charge in [0.15, 0.2) is 0 Å². The molecule has 0 fully saturated rings. The van der Waals surface area contributed by atoms with Crippen LogP contribution in [-0.4, -0.2) is 9.78 Å². The van der Waals surface area contributed by atoms with Crippen molar-refractivity contribution in [2.45, 2.75) is 33.7 Å². The van der Waals surface area contributed by atoms with Crippen molar-refractivity contribution in [1.29, 1.82) is 0 Å². The van der Waals surface area contributed by atoms with Crippen molar-refractivity contribution < 1.29 is 4.42 Å². The second-order valence-electron chi connectivity index (χ2n) is 4.20. The number of nitrogens with two attached hydrogens (primary N) is 1. The summed E-state index contributed by atoms with van der Waals surface area (Å²) in [5, 5.41) is 4.39. The van der Waals surface area contributed by atoms with E-state index in [-0.39, 0.29) is 6.04 Å². The molecule has 0 amide bonds. The van der Waals surface area contributed by atoms with Crippen LogP contribution in [0.2, 0.25) is 0 Å². The van der Waals surface area contributed by atoms with Crippen molar-refractivity contribution in [3.05, 3.63) is 34.9 Å². The predicted molar refractivity (Wildman–Crippen MR) is 63.4 cm³/mol. The summed E-state index contributed by atoms with van der Waals surface area (Å²) in [6.45, 7) is 7.92. The van der Waals surface area contributed by atoms with Crippen LogP contribution in [0.1, 0.15) is 35.7 Å². The maximum atomic E-state index is 5.91. The topological polar surface area (TPSA) is 57.0 Å². The predicted octanol–water partition coefficient (Wildman–Crippen LogP) is 2.59. The molecule has 0 aliphatic carbocycles. The summed E-state index contributed by atoms with van der Waals surface area (Å²) in [4.78, 5) is 0. The van der Waals surface area contributed by atoms with Gasteiger partial charge in [-0.2, -0.15) is 5.10 Å².